The lowest BCUT2D eigenvalue weighted by molar-refractivity contribution is -0.137. The zero-order valence-corrected chi connectivity index (χ0v) is 13.8. The molecule has 0 aliphatic carbocycles. The van der Waals surface area contributed by atoms with E-state index in [4.69, 9.17) is 5.73 Å². The fourth-order valence-corrected chi connectivity index (χ4v) is 2.29. The third kappa shape index (κ3) is 5.48. The molecule has 7 nitrogen and oxygen atoms in total. The van der Waals surface area contributed by atoms with Gasteiger partial charge in [0.25, 0.3) is 0 Å². The highest BCUT2D eigenvalue weighted by molar-refractivity contribution is 5.86. The molecule has 3 N–H and O–H groups in total. The van der Waals surface area contributed by atoms with Crippen molar-refractivity contribution in [2.45, 2.75) is 39.3 Å². The van der Waals surface area contributed by atoms with Crippen LogP contribution < -0.4 is 11.1 Å². The standard InChI is InChI=1S/C15H27N5O2/c1-11(2)8-13(9-16)18-14(21)10-19(4)15(22)12(3)20-7-5-6-17-20/h5-7,11-13H,8-10,16H2,1-4H3,(H,18,21). The van der Waals surface area contributed by atoms with Crippen molar-refractivity contribution in [3.8, 4) is 0 Å². The molecule has 1 heterocycles. The van der Waals surface area contributed by atoms with Crippen LogP contribution in [0.15, 0.2) is 18.5 Å². The number of aromatic nitrogens is 2. The van der Waals surface area contributed by atoms with Crippen LogP contribution in [0, 0.1) is 5.92 Å². The fraction of sp³-hybridized carbons (Fsp3) is 0.667. The molecule has 0 saturated heterocycles. The van der Waals surface area contributed by atoms with Crippen molar-refractivity contribution in [1.82, 2.24) is 20.0 Å². The van der Waals surface area contributed by atoms with Gasteiger partial charge in [0.15, 0.2) is 0 Å². The molecule has 2 atom stereocenters. The normalized spacial score (nSPS) is 13.7. The van der Waals surface area contributed by atoms with E-state index in [1.54, 1.807) is 37.1 Å². The maximum atomic E-state index is 12.3. The summed E-state index contributed by atoms with van der Waals surface area (Å²) in [6, 6.07) is 1.27. The van der Waals surface area contributed by atoms with Gasteiger partial charge < -0.3 is 16.0 Å². The van der Waals surface area contributed by atoms with E-state index in [-0.39, 0.29) is 24.4 Å². The quantitative estimate of drug-likeness (QED) is 0.726. The molecule has 0 spiro atoms. The molecule has 1 rings (SSSR count). The summed E-state index contributed by atoms with van der Waals surface area (Å²) in [5, 5.41) is 6.92. The summed E-state index contributed by atoms with van der Waals surface area (Å²) in [7, 11) is 1.61. The highest BCUT2D eigenvalue weighted by Crippen LogP contribution is 2.07. The van der Waals surface area contributed by atoms with E-state index in [0.717, 1.165) is 6.42 Å². The molecular formula is C15H27N5O2. The zero-order chi connectivity index (χ0) is 16.7. The van der Waals surface area contributed by atoms with Crippen LogP contribution in [-0.2, 0) is 9.59 Å². The summed E-state index contributed by atoms with van der Waals surface area (Å²) in [5.74, 6) is 0.0969. The lowest BCUT2D eigenvalue weighted by Crippen LogP contribution is -2.47. The first kappa shape index (κ1) is 18.2. The SMILES string of the molecule is CC(C)CC(CN)NC(=O)CN(C)C(=O)C(C)n1cccn1. The van der Waals surface area contributed by atoms with Crippen molar-refractivity contribution < 1.29 is 9.59 Å². The van der Waals surface area contributed by atoms with Crippen LogP contribution >= 0.6 is 0 Å². The molecule has 2 amide bonds. The molecule has 124 valence electrons. The molecule has 22 heavy (non-hydrogen) atoms. The Kier molecular flexibility index (Phi) is 7.04. The highest BCUT2D eigenvalue weighted by atomic mass is 16.2. The Morgan fingerprint density at radius 1 is 1.36 bits per heavy atom. The van der Waals surface area contributed by atoms with Gasteiger partial charge in [-0.15, -0.1) is 0 Å². The van der Waals surface area contributed by atoms with Gasteiger partial charge in [-0.2, -0.15) is 5.10 Å². The second-order valence-electron chi connectivity index (χ2n) is 5.99. The first-order valence-corrected chi connectivity index (χ1v) is 7.58. The van der Waals surface area contributed by atoms with E-state index < -0.39 is 6.04 Å². The number of hydrogen-bond donors (Lipinski definition) is 2. The van der Waals surface area contributed by atoms with E-state index in [9.17, 15) is 9.59 Å². The number of carbonyl (C=O) groups is 2. The average Bonchev–Trinajstić information content (AvgIpc) is 2.98. The number of hydrogen-bond acceptors (Lipinski definition) is 4. The van der Waals surface area contributed by atoms with Crippen molar-refractivity contribution in [3.05, 3.63) is 18.5 Å². The molecular weight excluding hydrogens is 282 g/mol. The van der Waals surface area contributed by atoms with Gasteiger partial charge in [0.2, 0.25) is 11.8 Å². The molecule has 1 aromatic heterocycles. The molecule has 0 aliphatic rings. The van der Waals surface area contributed by atoms with Gasteiger partial charge in [0.05, 0.1) is 6.54 Å². The second-order valence-corrected chi connectivity index (χ2v) is 5.99. The minimum atomic E-state index is -0.436. The predicted molar refractivity (Wildman–Crippen MR) is 85.0 cm³/mol. The van der Waals surface area contributed by atoms with Gasteiger partial charge in [-0.3, -0.25) is 14.3 Å². The van der Waals surface area contributed by atoms with Gasteiger partial charge in [-0.25, -0.2) is 0 Å². The Bertz CT molecular complexity index is 472. The maximum absolute atomic E-state index is 12.3. The summed E-state index contributed by atoms with van der Waals surface area (Å²) in [4.78, 5) is 25.7. The number of likely N-dealkylation sites (N-methyl/N-ethyl adjacent to an activating group) is 1. The van der Waals surface area contributed by atoms with Gasteiger partial charge in [-0.05, 0) is 25.3 Å². The van der Waals surface area contributed by atoms with Crippen LogP contribution in [0.2, 0.25) is 0 Å². The van der Waals surface area contributed by atoms with Crippen LogP contribution in [0.5, 0.6) is 0 Å². The molecule has 2 unspecified atom stereocenters. The second kappa shape index (κ2) is 8.53. The largest absolute Gasteiger partial charge is 0.351 e. The number of nitrogens with one attached hydrogen (secondary N) is 1. The minimum Gasteiger partial charge on any atom is -0.351 e. The Balaban J connectivity index is 2.51. The van der Waals surface area contributed by atoms with Crippen LogP contribution in [0.1, 0.15) is 33.2 Å². The first-order chi connectivity index (χ1) is 10.3. The lowest BCUT2D eigenvalue weighted by atomic mass is 10.0. The Hall–Kier alpha value is -1.89. The molecule has 0 fully saturated rings. The molecule has 0 bridgehead atoms. The van der Waals surface area contributed by atoms with Crippen LogP contribution in [0.3, 0.4) is 0 Å². The summed E-state index contributed by atoms with van der Waals surface area (Å²) >= 11 is 0. The third-order valence-electron chi connectivity index (χ3n) is 3.44. The third-order valence-corrected chi connectivity index (χ3v) is 3.44. The Morgan fingerprint density at radius 3 is 2.55 bits per heavy atom. The van der Waals surface area contributed by atoms with Gasteiger partial charge in [0.1, 0.15) is 6.04 Å². The van der Waals surface area contributed by atoms with E-state index in [1.807, 2.05) is 0 Å². The number of carbonyl (C=O) groups excluding carboxylic acids is 2. The topological polar surface area (TPSA) is 93.3 Å². The number of nitrogens with two attached hydrogens (primary N) is 1. The molecule has 0 aliphatic heterocycles. The van der Waals surface area contributed by atoms with Gasteiger partial charge in [0, 0.05) is 32.0 Å². The minimum absolute atomic E-state index is 0.0129. The van der Waals surface area contributed by atoms with Crippen LogP contribution in [0.25, 0.3) is 0 Å². The maximum Gasteiger partial charge on any atom is 0.247 e. The van der Waals surface area contributed by atoms with Crippen molar-refractivity contribution in [3.63, 3.8) is 0 Å². The molecule has 0 saturated carbocycles. The zero-order valence-electron chi connectivity index (χ0n) is 13.8. The molecule has 7 heteroatoms. The monoisotopic (exact) mass is 309 g/mol. The van der Waals surface area contributed by atoms with Crippen LogP contribution in [-0.4, -0.2) is 52.7 Å². The summed E-state index contributed by atoms with van der Waals surface area (Å²) < 4.78 is 1.57. The highest BCUT2D eigenvalue weighted by Gasteiger charge is 2.22. The summed E-state index contributed by atoms with van der Waals surface area (Å²) in [6.07, 6.45) is 4.17. The predicted octanol–water partition coefficient (Wildman–Crippen LogP) is 0.392. The lowest BCUT2D eigenvalue weighted by Gasteiger charge is -2.23. The average molecular weight is 309 g/mol. The molecule has 1 aromatic rings. The van der Waals surface area contributed by atoms with Crippen molar-refractivity contribution in [2.24, 2.45) is 11.7 Å². The smallest absolute Gasteiger partial charge is 0.247 e. The fourth-order valence-electron chi connectivity index (χ4n) is 2.29. The van der Waals surface area contributed by atoms with Gasteiger partial charge in [-0.1, -0.05) is 13.8 Å². The molecule has 0 radical (unpaired) electrons. The summed E-state index contributed by atoms with van der Waals surface area (Å²) in [6.45, 7) is 6.32. The van der Waals surface area contributed by atoms with E-state index in [0.29, 0.717) is 12.5 Å². The van der Waals surface area contributed by atoms with Gasteiger partial charge >= 0.3 is 0 Å². The molecule has 0 aromatic carbocycles. The van der Waals surface area contributed by atoms with E-state index >= 15 is 0 Å². The first-order valence-electron chi connectivity index (χ1n) is 7.58. The number of amides is 2. The van der Waals surface area contributed by atoms with Crippen LogP contribution in [0.4, 0.5) is 0 Å². The van der Waals surface area contributed by atoms with Crippen molar-refractivity contribution in [1.29, 1.82) is 0 Å². The number of rotatable bonds is 8. The van der Waals surface area contributed by atoms with Crippen molar-refractivity contribution >= 4 is 11.8 Å². The number of nitrogens with zero attached hydrogens (tertiary/aromatic N) is 3. The Labute approximate surface area is 131 Å². The van der Waals surface area contributed by atoms with Crippen molar-refractivity contribution in [2.75, 3.05) is 20.1 Å². The van der Waals surface area contributed by atoms with E-state index in [1.165, 1.54) is 4.90 Å². The van der Waals surface area contributed by atoms with E-state index in [2.05, 4.69) is 24.3 Å². The Morgan fingerprint density at radius 2 is 2.05 bits per heavy atom. The summed E-state index contributed by atoms with van der Waals surface area (Å²) in [5.41, 5.74) is 5.67.